The van der Waals surface area contributed by atoms with E-state index in [0.717, 1.165) is 0 Å². The van der Waals surface area contributed by atoms with Crippen molar-refractivity contribution in [3.8, 4) is 0 Å². The lowest BCUT2D eigenvalue weighted by atomic mass is 10.1. The lowest BCUT2D eigenvalue weighted by Crippen LogP contribution is -1.96. The Balaban J connectivity index is 2.82. The quantitative estimate of drug-likeness (QED) is 0.338. The van der Waals surface area contributed by atoms with Gasteiger partial charge in [-0.1, -0.05) is 19.9 Å². The van der Waals surface area contributed by atoms with Crippen LogP contribution in [0.15, 0.2) is 36.4 Å². The molecular formula is C12H13NO3. The van der Waals surface area contributed by atoms with Crippen LogP contribution in [0.2, 0.25) is 0 Å². The Hall–Kier alpha value is -1.97. The van der Waals surface area contributed by atoms with Crippen molar-refractivity contribution in [3.05, 3.63) is 52.1 Å². The summed E-state index contributed by atoms with van der Waals surface area (Å²) in [4.78, 5) is 21.5. The minimum absolute atomic E-state index is 0.00982. The summed E-state index contributed by atoms with van der Waals surface area (Å²) in [6.07, 6.45) is 3.29. The van der Waals surface area contributed by atoms with Gasteiger partial charge in [0.05, 0.1) is 4.92 Å². The average Bonchev–Trinajstić information content (AvgIpc) is 2.26. The van der Waals surface area contributed by atoms with E-state index in [1.807, 2.05) is 13.8 Å². The van der Waals surface area contributed by atoms with Crippen LogP contribution in [0.1, 0.15) is 24.2 Å². The van der Waals surface area contributed by atoms with Gasteiger partial charge < -0.3 is 0 Å². The number of allylic oxidation sites excluding steroid dienone is 2. The zero-order valence-electron chi connectivity index (χ0n) is 9.21. The molecule has 4 nitrogen and oxygen atoms in total. The topological polar surface area (TPSA) is 60.2 Å². The highest BCUT2D eigenvalue weighted by Gasteiger charge is 2.06. The van der Waals surface area contributed by atoms with Crippen molar-refractivity contribution in [2.24, 2.45) is 5.92 Å². The number of rotatable bonds is 4. The molecule has 0 saturated heterocycles. The SMILES string of the molecule is CC(C)/C=C\C(=O)c1ccc([N+](=O)[O-])cc1. The Bertz CT molecular complexity index is 418. The van der Waals surface area contributed by atoms with Crippen molar-refractivity contribution >= 4 is 11.5 Å². The molecule has 0 bridgehead atoms. The second-order valence-corrected chi connectivity index (χ2v) is 3.77. The molecule has 0 aliphatic heterocycles. The number of benzene rings is 1. The van der Waals surface area contributed by atoms with Gasteiger partial charge in [-0.05, 0) is 24.1 Å². The summed E-state index contributed by atoms with van der Waals surface area (Å²) in [6.45, 7) is 3.94. The number of carbonyl (C=O) groups excluding carboxylic acids is 1. The average molecular weight is 219 g/mol. The number of hydrogen-bond donors (Lipinski definition) is 0. The van der Waals surface area contributed by atoms with Crippen LogP contribution in [-0.2, 0) is 0 Å². The van der Waals surface area contributed by atoms with Gasteiger partial charge in [0.1, 0.15) is 0 Å². The van der Waals surface area contributed by atoms with Crippen LogP contribution in [0.3, 0.4) is 0 Å². The van der Waals surface area contributed by atoms with Crippen molar-refractivity contribution in [1.82, 2.24) is 0 Å². The first-order chi connectivity index (χ1) is 7.50. The highest BCUT2D eigenvalue weighted by Crippen LogP contribution is 2.12. The second kappa shape index (κ2) is 5.21. The number of ketones is 1. The normalized spacial score (nSPS) is 10.9. The highest BCUT2D eigenvalue weighted by molar-refractivity contribution is 6.04. The number of non-ortho nitro benzene ring substituents is 1. The fourth-order valence-corrected chi connectivity index (χ4v) is 1.12. The number of nitro groups is 1. The third kappa shape index (κ3) is 3.31. The van der Waals surface area contributed by atoms with Crippen molar-refractivity contribution in [1.29, 1.82) is 0 Å². The molecule has 0 heterocycles. The van der Waals surface area contributed by atoms with Crippen LogP contribution >= 0.6 is 0 Å². The van der Waals surface area contributed by atoms with E-state index in [9.17, 15) is 14.9 Å². The Morgan fingerprint density at radius 1 is 1.31 bits per heavy atom. The number of nitrogens with zero attached hydrogens (tertiary/aromatic N) is 1. The first kappa shape index (κ1) is 12.1. The molecule has 84 valence electrons. The molecular weight excluding hydrogens is 206 g/mol. The van der Waals surface area contributed by atoms with Gasteiger partial charge in [-0.15, -0.1) is 0 Å². The second-order valence-electron chi connectivity index (χ2n) is 3.77. The predicted molar refractivity (Wildman–Crippen MR) is 61.4 cm³/mol. The van der Waals surface area contributed by atoms with Gasteiger partial charge in [-0.25, -0.2) is 0 Å². The molecule has 1 rings (SSSR count). The van der Waals surface area contributed by atoms with Crippen LogP contribution in [0.5, 0.6) is 0 Å². The molecule has 0 atom stereocenters. The number of nitro benzene ring substituents is 1. The molecule has 16 heavy (non-hydrogen) atoms. The van der Waals surface area contributed by atoms with E-state index in [1.165, 1.54) is 30.3 Å². The van der Waals surface area contributed by atoms with Gasteiger partial charge >= 0.3 is 0 Å². The van der Waals surface area contributed by atoms with Crippen molar-refractivity contribution in [2.45, 2.75) is 13.8 Å². The van der Waals surface area contributed by atoms with Crippen LogP contribution in [0, 0.1) is 16.0 Å². The van der Waals surface area contributed by atoms with Gasteiger partial charge in [0.2, 0.25) is 0 Å². The van der Waals surface area contributed by atoms with Gasteiger partial charge in [0.25, 0.3) is 5.69 Å². The molecule has 4 heteroatoms. The summed E-state index contributed by atoms with van der Waals surface area (Å²) in [5, 5.41) is 10.4. The monoisotopic (exact) mass is 219 g/mol. The molecule has 0 aliphatic rings. The van der Waals surface area contributed by atoms with E-state index in [2.05, 4.69) is 0 Å². The zero-order chi connectivity index (χ0) is 12.1. The molecule has 0 spiro atoms. The Morgan fingerprint density at radius 3 is 2.31 bits per heavy atom. The van der Waals surface area contributed by atoms with Crippen LogP contribution in [-0.4, -0.2) is 10.7 Å². The first-order valence-corrected chi connectivity index (χ1v) is 4.97. The molecule has 0 radical (unpaired) electrons. The summed E-state index contributed by atoms with van der Waals surface area (Å²) < 4.78 is 0. The summed E-state index contributed by atoms with van der Waals surface area (Å²) in [7, 11) is 0. The minimum atomic E-state index is -0.488. The van der Waals surface area contributed by atoms with Gasteiger partial charge in [-0.2, -0.15) is 0 Å². The van der Waals surface area contributed by atoms with Crippen LogP contribution < -0.4 is 0 Å². The number of hydrogen-bond acceptors (Lipinski definition) is 3. The molecule has 0 aliphatic carbocycles. The summed E-state index contributed by atoms with van der Waals surface area (Å²) in [5.74, 6) is 0.172. The van der Waals surface area contributed by atoms with E-state index in [4.69, 9.17) is 0 Å². The predicted octanol–water partition coefficient (Wildman–Crippen LogP) is 2.99. The lowest BCUT2D eigenvalue weighted by molar-refractivity contribution is -0.384. The standard InChI is InChI=1S/C12H13NO3/c1-9(2)3-8-12(14)10-4-6-11(7-5-10)13(15)16/h3-9H,1-2H3/b8-3-. The molecule has 0 unspecified atom stereocenters. The molecule has 1 aromatic carbocycles. The van der Waals surface area contributed by atoms with E-state index in [1.54, 1.807) is 6.08 Å². The van der Waals surface area contributed by atoms with E-state index in [0.29, 0.717) is 11.5 Å². The third-order valence-electron chi connectivity index (χ3n) is 2.00. The third-order valence-corrected chi connectivity index (χ3v) is 2.00. The summed E-state index contributed by atoms with van der Waals surface area (Å²) >= 11 is 0. The summed E-state index contributed by atoms with van der Waals surface area (Å²) in [5.41, 5.74) is 0.451. The maximum Gasteiger partial charge on any atom is 0.269 e. The van der Waals surface area contributed by atoms with Crippen molar-refractivity contribution in [3.63, 3.8) is 0 Å². The van der Waals surface area contributed by atoms with Crippen LogP contribution in [0.25, 0.3) is 0 Å². The molecule has 0 aromatic heterocycles. The fourth-order valence-electron chi connectivity index (χ4n) is 1.12. The van der Waals surface area contributed by atoms with Crippen molar-refractivity contribution in [2.75, 3.05) is 0 Å². The zero-order valence-corrected chi connectivity index (χ0v) is 9.21. The lowest BCUT2D eigenvalue weighted by Gasteiger charge is -1.96. The maximum absolute atomic E-state index is 11.6. The van der Waals surface area contributed by atoms with Gasteiger partial charge in [0.15, 0.2) is 5.78 Å². The minimum Gasteiger partial charge on any atom is -0.289 e. The Morgan fingerprint density at radius 2 is 1.88 bits per heavy atom. The molecule has 0 amide bonds. The van der Waals surface area contributed by atoms with Gasteiger partial charge in [0, 0.05) is 17.7 Å². The van der Waals surface area contributed by atoms with Crippen LogP contribution in [0.4, 0.5) is 5.69 Å². The Labute approximate surface area is 93.7 Å². The smallest absolute Gasteiger partial charge is 0.269 e. The molecule has 0 saturated carbocycles. The van der Waals surface area contributed by atoms with Crippen molar-refractivity contribution < 1.29 is 9.72 Å². The molecule has 0 N–H and O–H groups in total. The maximum atomic E-state index is 11.6. The highest BCUT2D eigenvalue weighted by atomic mass is 16.6. The Kier molecular flexibility index (Phi) is 3.94. The fraction of sp³-hybridized carbons (Fsp3) is 0.250. The molecule has 0 fully saturated rings. The van der Waals surface area contributed by atoms with Gasteiger partial charge in [-0.3, -0.25) is 14.9 Å². The van der Waals surface area contributed by atoms with E-state index in [-0.39, 0.29) is 11.5 Å². The van der Waals surface area contributed by atoms with E-state index < -0.39 is 4.92 Å². The largest absolute Gasteiger partial charge is 0.289 e. The summed E-state index contributed by atoms with van der Waals surface area (Å²) in [6, 6.07) is 5.59. The van der Waals surface area contributed by atoms with E-state index >= 15 is 0 Å². The first-order valence-electron chi connectivity index (χ1n) is 4.97. The number of carbonyl (C=O) groups is 1. The molecule has 1 aromatic rings.